The van der Waals surface area contributed by atoms with Crippen molar-refractivity contribution in [2.24, 2.45) is 0 Å². The molecule has 2 nitrogen and oxygen atoms in total. The molecule has 3 unspecified atom stereocenters. The third kappa shape index (κ3) is 4.14. The molecule has 96 valence electrons. The van der Waals surface area contributed by atoms with Crippen LogP contribution in [0.5, 0.6) is 0 Å². The molecule has 6 heteroatoms. The highest BCUT2D eigenvalue weighted by atomic mass is 32.2. The van der Waals surface area contributed by atoms with Gasteiger partial charge in [0.2, 0.25) is 0 Å². The lowest BCUT2D eigenvalue weighted by Gasteiger charge is -2.32. The summed E-state index contributed by atoms with van der Waals surface area (Å²) in [6.45, 7) is -0.398. The number of alkyl halides is 3. The first-order valence-corrected chi connectivity index (χ1v) is 6.75. The van der Waals surface area contributed by atoms with E-state index in [4.69, 9.17) is 5.11 Å². The first-order valence-electron chi connectivity index (χ1n) is 5.46. The Labute approximate surface area is 98.0 Å². The molecule has 2 N–H and O–H groups in total. The predicted octanol–water partition coefficient (Wildman–Crippen LogP) is 2.17. The molecule has 1 saturated carbocycles. The fourth-order valence-electron chi connectivity index (χ4n) is 1.99. The molecule has 0 heterocycles. The Bertz CT molecular complexity index is 213. The molecule has 0 aromatic rings. The van der Waals surface area contributed by atoms with Crippen LogP contribution in [0.25, 0.3) is 0 Å². The molecular weight excluding hydrogens is 239 g/mol. The van der Waals surface area contributed by atoms with E-state index in [2.05, 4.69) is 5.32 Å². The predicted molar refractivity (Wildman–Crippen MR) is 59.6 cm³/mol. The van der Waals surface area contributed by atoms with Gasteiger partial charge in [-0.15, -0.1) is 0 Å². The van der Waals surface area contributed by atoms with Gasteiger partial charge >= 0.3 is 6.18 Å². The summed E-state index contributed by atoms with van der Waals surface area (Å²) in [6, 6.07) is 0.0979. The first-order chi connectivity index (χ1) is 7.45. The molecule has 0 saturated heterocycles. The van der Waals surface area contributed by atoms with Crippen LogP contribution in [0.1, 0.15) is 25.7 Å². The number of rotatable bonds is 4. The number of aliphatic hydroxyl groups is 1. The van der Waals surface area contributed by atoms with Gasteiger partial charge in [-0.05, 0) is 19.1 Å². The molecule has 0 aromatic heterocycles. The van der Waals surface area contributed by atoms with E-state index in [0.29, 0.717) is 5.25 Å². The SMILES string of the molecule is CSC1CCCCC1NCC(O)C(F)(F)F. The second-order valence-electron chi connectivity index (χ2n) is 4.13. The van der Waals surface area contributed by atoms with Crippen molar-refractivity contribution in [3.63, 3.8) is 0 Å². The molecule has 0 aromatic carbocycles. The molecular formula is C10H18F3NOS. The second kappa shape index (κ2) is 6.12. The average Bonchev–Trinajstić information content (AvgIpc) is 2.24. The number of hydrogen-bond donors (Lipinski definition) is 2. The summed E-state index contributed by atoms with van der Waals surface area (Å²) in [5.41, 5.74) is 0. The monoisotopic (exact) mass is 257 g/mol. The van der Waals surface area contributed by atoms with Crippen LogP contribution in [0, 0.1) is 0 Å². The van der Waals surface area contributed by atoms with Crippen LogP contribution in [0.3, 0.4) is 0 Å². The van der Waals surface area contributed by atoms with Crippen molar-refractivity contribution < 1.29 is 18.3 Å². The lowest BCUT2D eigenvalue weighted by atomic mass is 9.95. The number of hydrogen-bond acceptors (Lipinski definition) is 3. The van der Waals surface area contributed by atoms with Gasteiger partial charge in [-0.2, -0.15) is 24.9 Å². The van der Waals surface area contributed by atoms with Gasteiger partial charge in [0, 0.05) is 17.8 Å². The Balaban J connectivity index is 2.35. The topological polar surface area (TPSA) is 32.3 Å². The third-order valence-electron chi connectivity index (χ3n) is 2.96. The normalized spacial score (nSPS) is 29.1. The highest BCUT2D eigenvalue weighted by Crippen LogP contribution is 2.27. The molecule has 0 bridgehead atoms. The van der Waals surface area contributed by atoms with Crippen molar-refractivity contribution in [1.29, 1.82) is 0 Å². The van der Waals surface area contributed by atoms with E-state index in [1.54, 1.807) is 11.8 Å². The summed E-state index contributed by atoms with van der Waals surface area (Å²) in [6.07, 6.45) is -0.655. The van der Waals surface area contributed by atoms with Crippen molar-refractivity contribution >= 4 is 11.8 Å². The highest BCUT2D eigenvalue weighted by Gasteiger charge is 2.38. The minimum Gasteiger partial charge on any atom is -0.382 e. The number of halogens is 3. The highest BCUT2D eigenvalue weighted by molar-refractivity contribution is 7.99. The van der Waals surface area contributed by atoms with Gasteiger partial charge in [-0.3, -0.25) is 0 Å². The Hall–Kier alpha value is 0.0600. The van der Waals surface area contributed by atoms with Crippen molar-refractivity contribution in [1.82, 2.24) is 5.32 Å². The van der Waals surface area contributed by atoms with Gasteiger partial charge in [0.05, 0.1) is 0 Å². The summed E-state index contributed by atoms with van der Waals surface area (Å²) >= 11 is 1.69. The van der Waals surface area contributed by atoms with E-state index in [-0.39, 0.29) is 6.04 Å². The van der Waals surface area contributed by atoms with Gasteiger partial charge in [-0.25, -0.2) is 0 Å². The lowest BCUT2D eigenvalue weighted by Crippen LogP contribution is -2.47. The van der Waals surface area contributed by atoms with E-state index in [9.17, 15) is 13.2 Å². The fourth-order valence-corrected chi connectivity index (χ4v) is 2.95. The zero-order valence-corrected chi connectivity index (χ0v) is 10.1. The van der Waals surface area contributed by atoms with E-state index < -0.39 is 18.8 Å². The Morgan fingerprint density at radius 3 is 2.56 bits per heavy atom. The van der Waals surface area contributed by atoms with Crippen LogP contribution >= 0.6 is 11.8 Å². The molecule has 1 aliphatic rings. The lowest BCUT2D eigenvalue weighted by molar-refractivity contribution is -0.202. The maximum Gasteiger partial charge on any atom is 0.415 e. The smallest absolute Gasteiger partial charge is 0.382 e. The zero-order chi connectivity index (χ0) is 12.2. The maximum absolute atomic E-state index is 12.1. The van der Waals surface area contributed by atoms with Crippen LogP contribution in [0.4, 0.5) is 13.2 Å². The average molecular weight is 257 g/mol. The van der Waals surface area contributed by atoms with Crippen molar-refractivity contribution in [2.75, 3.05) is 12.8 Å². The van der Waals surface area contributed by atoms with E-state index >= 15 is 0 Å². The Kier molecular flexibility index (Phi) is 5.40. The van der Waals surface area contributed by atoms with Crippen LogP contribution in [-0.2, 0) is 0 Å². The third-order valence-corrected chi connectivity index (χ3v) is 4.13. The molecule has 0 radical (unpaired) electrons. The summed E-state index contributed by atoms with van der Waals surface area (Å²) < 4.78 is 36.3. The Morgan fingerprint density at radius 2 is 2.00 bits per heavy atom. The molecule has 1 aliphatic carbocycles. The van der Waals surface area contributed by atoms with Crippen LogP contribution in [0.15, 0.2) is 0 Å². The second-order valence-corrected chi connectivity index (χ2v) is 5.21. The number of aliphatic hydroxyl groups excluding tert-OH is 1. The first kappa shape index (κ1) is 14.1. The zero-order valence-electron chi connectivity index (χ0n) is 9.26. The van der Waals surface area contributed by atoms with Gasteiger partial charge in [0.25, 0.3) is 0 Å². The fraction of sp³-hybridized carbons (Fsp3) is 1.00. The number of nitrogens with one attached hydrogen (secondary N) is 1. The molecule has 16 heavy (non-hydrogen) atoms. The quantitative estimate of drug-likeness (QED) is 0.809. The van der Waals surface area contributed by atoms with Crippen LogP contribution in [0.2, 0.25) is 0 Å². The van der Waals surface area contributed by atoms with Gasteiger partial charge in [-0.1, -0.05) is 12.8 Å². The molecule has 0 aliphatic heterocycles. The molecule has 1 fully saturated rings. The van der Waals surface area contributed by atoms with E-state index in [1.165, 1.54) is 0 Å². The van der Waals surface area contributed by atoms with Gasteiger partial charge in [0.15, 0.2) is 6.10 Å². The van der Waals surface area contributed by atoms with E-state index in [0.717, 1.165) is 25.7 Å². The van der Waals surface area contributed by atoms with Crippen LogP contribution in [-0.4, -0.2) is 41.5 Å². The standard InChI is InChI=1S/C10H18F3NOS/c1-16-8-5-3-2-4-7(8)14-6-9(15)10(11,12)13/h7-9,14-15H,2-6H2,1H3. The Morgan fingerprint density at radius 1 is 1.38 bits per heavy atom. The molecule has 0 spiro atoms. The van der Waals surface area contributed by atoms with Crippen LogP contribution < -0.4 is 5.32 Å². The van der Waals surface area contributed by atoms with Crippen molar-refractivity contribution in [2.45, 2.75) is 49.3 Å². The molecule has 3 atom stereocenters. The maximum atomic E-state index is 12.1. The molecule has 0 amide bonds. The van der Waals surface area contributed by atoms with Crippen molar-refractivity contribution in [3.05, 3.63) is 0 Å². The minimum absolute atomic E-state index is 0.0979. The van der Waals surface area contributed by atoms with Crippen molar-refractivity contribution in [3.8, 4) is 0 Å². The summed E-state index contributed by atoms with van der Waals surface area (Å²) in [5, 5.41) is 12.1. The van der Waals surface area contributed by atoms with Gasteiger partial charge < -0.3 is 10.4 Å². The van der Waals surface area contributed by atoms with E-state index in [1.807, 2.05) is 6.26 Å². The summed E-state index contributed by atoms with van der Waals surface area (Å²) in [4.78, 5) is 0. The number of thioether (sulfide) groups is 1. The largest absolute Gasteiger partial charge is 0.415 e. The summed E-state index contributed by atoms with van der Waals surface area (Å²) in [5.74, 6) is 0. The minimum atomic E-state index is -4.52. The van der Waals surface area contributed by atoms with Gasteiger partial charge in [0.1, 0.15) is 0 Å². The molecule has 1 rings (SSSR count). The summed E-state index contributed by atoms with van der Waals surface area (Å²) in [7, 11) is 0.